The van der Waals surface area contributed by atoms with Crippen LogP contribution >= 0.6 is 11.6 Å². The molecule has 3 aliphatic heterocycles. The highest BCUT2D eigenvalue weighted by Crippen LogP contribution is 2.38. The first-order valence-corrected chi connectivity index (χ1v) is 14.9. The van der Waals surface area contributed by atoms with E-state index in [-0.39, 0.29) is 18.2 Å². The average molecular weight is 563 g/mol. The van der Waals surface area contributed by atoms with Crippen molar-refractivity contribution in [3.63, 3.8) is 0 Å². The van der Waals surface area contributed by atoms with Crippen LogP contribution in [0.4, 0.5) is 5.69 Å². The maximum atomic E-state index is 12.9. The van der Waals surface area contributed by atoms with Crippen molar-refractivity contribution >= 4 is 35.1 Å². The number of amides is 2. The molecule has 0 radical (unpaired) electrons. The van der Waals surface area contributed by atoms with Crippen LogP contribution in [0, 0.1) is 11.8 Å². The molecule has 0 unspecified atom stereocenters. The summed E-state index contributed by atoms with van der Waals surface area (Å²) in [6, 6.07) is 1.61. The number of anilines is 1. The van der Waals surface area contributed by atoms with Crippen molar-refractivity contribution in [1.82, 2.24) is 15.1 Å². The first-order valence-electron chi connectivity index (χ1n) is 14.6. The molecule has 3 heterocycles. The summed E-state index contributed by atoms with van der Waals surface area (Å²) < 4.78 is 5.68. The van der Waals surface area contributed by atoms with Crippen molar-refractivity contribution in [2.24, 2.45) is 11.8 Å². The van der Waals surface area contributed by atoms with E-state index in [1.165, 1.54) is 0 Å². The first kappa shape index (κ1) is 29.5. The second-order valence-electron chi connectivity index (χ2n) is 11.3. The van der Waals surface area contributed by atoms with Crippen LogP contribution in [0.3, 0.4) is 0 Å². The number of halogens is 1. The Bertz CT molecular complexity index is 1020. The molecule has 4 rings (SSSR count). The van der Waals surface area contributed by atoms with E-state index in [1.54, 1.807) is 6.07 Å². The number of nitrogen functional groups attached to an aromatic ring is 1. The lowest BCUT2D eigenvalue weighted by Crippen LogP contribution is -2.44. The second kappa shape index (κ2) is 14.2. The molecule has 216 valence electrons. The van der Waals surface area contributed by atoms with Crippen LogP contribution in [0.25, 0.3) is 0 Å². The van der Waals surface area contributed by atoms with Gasteiger partial charge in [-0.25, -0.2) is 0 Å². The van der Waals surface area contributed by atoms with Gasteiger partial charge in [0, 0.05) is 51.0 Å². The number of unbranched alkanes of at least 4 members (excludes halogenated alkanes) is 3. The van der Waals surface area contributed by atoms with Gasteiger partial charge in [0.05, 0.1) is 22.9 Å². The van der Waals surface area contributed by atoms with Crippen LogP contribution in [0.5, 0.6) is 5.75 Å². The maximum Gasteiger partial charge on any atom is 0.303 e. The lowest BCUT2D eigenvalue weighted by Gasteiger charge is -2.37. The molecular weight excluding hydrogens is 520 g/mol. The van der Waals surface area contributed by atoms with E-state index in [9.17, 15) is 14.4 Å². The highest BCUT2D eigenvalue weighted by molar-refractivity contribution is 6.33. The van der Waals surface area contributed by atoms with E-state index in [4.69, 9.17) is 27.2 Å². The minimum atomic E-state index is -0.748. The average Bonchev–Trinajstić information content (AvgIpc) is 3.42. The van der Waals surface area contributed by atoms with Crippen molar-refractivity contribution in [3.05, 3.63) is 22.2 Å². The van der Waals surface area contributed by atoms with Crippen molar-refractivity contribution in [2.45, 2.75) is 70.6 Å². The predicted octanol–water partition coefficient (Wildman–Crippen LogP) is 3.96. The van der Waals surface area contributed by atoms with Crippen LogP contribution in [0.2, 0.25) is 5.02 Å². The van der Waals surface area contributed by atoms with Crippen LogP contribution in [0.15, 0.2) is 6.07 Å². The number of benzene rings is 1. The zero-order chi connectivity index (χ0) is 27.8. The van der Waals surface area contributed by atoms with Gasteiger partial charge < -0.3 is 30.7 Å². The van der Waals surface area contributed by atoms with Gasteiger partial charge in [0.1, 0.15) is 5.75 Å². The summed E-state index contributed by atoms with van der Waals surface area (Å²) in [7, 11) is 0. The van der Waals surface area contributed by atoms with Crippen molar-refractivity contribution < 1.29 is 24.2 Å². The number of carbonyl (C=O) groups excluding carboxylic acids is 2. The lowest BCUT2D eigenvalue weighted by atomic mass is 9.92. The summed E-state index contributed by atoms with van der Waals surface area (Å²) in [5, 5.41) is 12.2. The number of ether oxygens (including phenoxy) is 1. The number of nitrogens with two attached hydrogens (primary N) is 1. The third kappa shape index (κ3) is 8.24. The predicted molar refractivity (Wildman–Crippen MR) is 151 cm³/mol. The number of carboxylic acid groups (broad SMARTS) is 1. The molecule has 1 aromatic rings. The Morgan fingerprint density at radius 2 is 1.67 bits per heavy atom. The number of hydrogen-bond donors (Lipinski definition) is 3. The third-order valence-corrected chi connectivity index (χ3v) is 8.80. The Labute approximate surface area is 236 Å². The molecule has 39 heavy (non-hydrogen) atoms. The number of likely N-dealkylation sites (tertiary alicyclic amines) is 2. The number of fused-ring (bicyclic) bond motifs is 1. The van der Waals surface area contributed by atoms with Gasteiger partial charge in [-0.2, -0.15) is 0 Å². The minimum Gasteiger partial charge on any atom is -0.492 e. The number of nitrogens with zero attached hydrogens (tertiary/aromatic N) is 2. The molecule has 10 heteroatoms. The van der Waals surface area contributed by atoms with Crippen LogP contribution in [0.1, 0.15) is 80.1 Å². The van der Waals surface area contributed by atoms with Crippen molar-refractivity contribution in [3.8, 4) is 5.75 Å². The molecule has 2 saturated heterocycles. The monoisotopic (exact) mass is 562 g/mol. The molecule has 9 nitrogen and oxygen atoms in total. The van der Waals surface area contributed by atoms with E-state index in [1.807, 2.05) is 4.90 Å². The van der Waals surface area contributed by atoms with Gasteiger partial charge in [-0.15, -0.1) is 0 Å². The van der Waals surface area contributed by atoms with Crippen molar-refractivity contribution in [1.29, 1.82) is 0 Å². The van der Waals surface area contributed by atoms with E-state index in [0.29, 0.717) is 66.3 Å². The Hall–Kier alpha value is -2.52. The number of aliphatic carboxylic acids is 1. The largest absolute Gasteiger partial charge is 0.492 e. The number of piperidine rings is 2. The molecule has 0 bridgehead atoms. The third-order valence-electron chi connectivity index (χ3n) is 8.49. The summed E-state index contributed by atoms with van der Waals surface area (Å²) in [6.07, 6.45) is 9.01. The van der Waals surface area contributed by atoms with E-state index in [0.717, 1.165) is 83.2 Å². The topological polar surface area (TPSA) is 125 Å². The number of hydrogen-bond acceptors (Lipinski definition) is 6. The summed E-state index contributed by atoms with van der Waals surface area (Å²) >= 11 is 6.25. The molecule has 1 aromatic carbocycles. The molecule has 0 spiro atoms. The highest BCUT2D eigenvalue weighted by Gasteiger charge is 2.28. The van der Waals surface area contributed by atoms with Gasteiger partial charge in [-0.3, -0.25) is 14.4 Å². The molecule has 0 atom stereocenters. The first-order chi connectivity index (χ1) is 18.8. The summed E-state index contributed by atoms with van der Waals surface area (Å²) in [4.78, 5) is 40.5. The van der Waals surface area contributed by atoms with Gasteiger partial charge in [0.25, 0.3) is 5.91 Å². The molecule has 4 N–H and O–H groups in total. The van der Waals surface area contributed by atoms with Crippen LogP contribution in [-0.4, -0.2) is 78.6 Å². The fourth-order valence-electron chi connectivity index (χ4n) is 6.04. The number of nitrogens with one attached hydrogen (secondary N) is 1. The van der Waals surface area contributed by atoms with Gasteiger partial charge in [-0.05, 0) is 69.5 Å². The van der Waals surface area contributed by atoms with E-state index in [2.05, 4.69) is 10.2 Å². The van der Waals surface area contributed by atoms with Crippen molar-refractivity contribution in [2.75, 3.05) is 51.6 Å². The quantitative estimate of drug-likeness (QED) is 0.260. The van der Waals surface area contributed by atoms with Crippen LogP contribution < -0.4 is 15.8 Å². The normalized spacial score (nSPS) is 18.5. The summed E-state index contributed by atoms with van der Waals surface area (Å²) in [5.74, 6) is 0.988. The summed E-state index contributed by atoms with van der Waals surface area (Å²) in [6.45, 7) is 6.00. The zero-order valence-electron chi connectivity index (χ0n) is 22.9. The molecule has 0 saturated carbocycles. The number of rotatable bonds is 12. The molecule has 3 aliphatic rings. The maximum absolute atomic E-state index is 12.9. The highest BCUT2D eigenvalue weighted by atomic mass is 35.5. The lowest BCUT2D eigenvalue weighted by molar-refractivity contribution is -0.137. The van der Waals surface area contributed by atoms with Gasteiger partial charge >= 0.3 is 5.97 Å². The fourth-order valence-corrected chi connectivity index (χ4v) is 6.26. The van der Waals surface area contributed by atoms with E-state index >= 15 is 0 Å². The molecule has 2 fully saturated rings. The molecule has 0 aromatic heterocycles. The zero-order valence-corrected chi connectivity index (χ0v) is 23.6. The van der Waals surface area contributed by atoms with E-state index < -0.39 is 5.97 Å². The fraction of sp³-hybridized carbons (Fsp3) is 0.690. The Morgan fingerprint density at radius 1 is 1.00 bits per heavy atom. The van der Waals surface area contributed by atoms with Gasteiger partial charge in [-0.1, -0.05) is 24.4 Å². The number of carbonyl (C=O) groups is 3. The molecule has 2 amide bonds. The molecular formula is C29H43ClN4O5. The molecule has 0 aliphatic carbocycles. The standard InChI is InChI=1S/C29H43ClN4O5/c30-24-17-23(28-22(27(24)31)11-16-39-28)29(38)32-18-20-7-12-33(13-8-20)19-21-9-14-34(15-10-21)25(35)5-3-1-2-4-6-26(36)37/h17,20-21H,1-16,18-19,31H2,(H,32,38)(H,36,37). The Kier molecular flexibility index (Phi) is 10.7. The smallest absolute Gasteiger partial charge is 0.303 e. The Balaban J connectivity index is 1.10. The Morgan fingerprint density at radius 3 is 2.36 bits per heavy atom. The number of carboxylic acids is 1. The minimum absolute atomic E-state index is 0.156. The SMILES string of the molecule is Nc1c(Cl)cc(C(=O)NCC2CCN(CC3CCN(C(=O)CCCCCCC(=O)O)CC3)CC2)c2c1CCO2. The van der Waals surface area contributed by atoms with Crippen LogP contribution in [-0.2, 0) is 16.0 Å². The van der Waals surface area contributed by atoms with Gasteiger partial charge in [0.15, 0.2) is 0 Å². The van der Waals surface area contributed by atoms with Gasteiger partial charge in [0.2, 0.25) is 5.91 Å². The summed E-state index contributed by atoms with van der Waals surface area (Å²) in [5.41, 5.74) is 7.86. The second-order valence-corrected chi connectivity index (χ2v) is 11.7.